The van der Waals surface area contributed by atoms with Crippen molar-refractivity contribution in [2.24, 2.45) is 0 Å². The van der Waals surface area contributed by atoms with Gasteiger partial charge >= 0.3 is 6.03 Å². The zero-order chi connectivity index (χ0) is 30.0. The van der Waals surface area contributed by atoms with Gasteiger partial charge in [0.1, 0.15) is 29.3 Å². The standard InChI is InChI=1S/C33H32N8O3/c34-31-29-30(23-8-12-27(13-9-23)44-26-4-2-1-3-5-26)38-41(32(29)36-21-35-31)25-14-17-39(18-15-25)20-22-6-10-24(11-7-22)40-19-16-28(42)37-33(40)43/h1-13,21,25H,14-20H2,(H2,34,35,36)(H,37,42,43). The predicted molar refractivity (Wildman–Crippen MR) is 167 cm³/mol. The number of hydrogen-bond donors (Lipinski definition) is 2. The largest absolute Gasteiger partial charge is 0.457 e. The second-order valence-corrected chi connectivity index (χ2v) is 11.1. The number of carbonyl (C=O) groups is 2. The van der Waals surface area contributed by atoms with Crippen LogP contribution in [0.2, 0.25) is 0 Å². The summed E-state index contributed by atoms with van der Waals surface area (Å²) in [4.78, 5) is 36.5. The molecule has 11 heteroatoms. The number of imide groups is 1. The van der Waals surface area contributed by atoms with E-state index in [0.29, 0.717) is 18.8 Å². The van der Waals surface area contributed by atoms with Crippen molar-refractivity contribution in [1.82, 2.24) is 30.0 Å². The van der Waals surface area contributed by atoms with E-state index >= 15 is 0 Å². The smallest absolute Gasteiger partial charge is 0.328 e. The SMILES string of the molecule is Nc1ncnc2c1c(-c1ccc(Oc3ccccc3)cc1)nn2C1CCN(Cc2ccc(N3CCC(=O)NC3=O)cc2)CC1. The summed E-state index contributed by atoms with van der Waals surface area (Å²) < 4.78 is 7.99. The van der Waals surface area contributed by atoms with Crippen LogP contribution in [0.25, 0.3) is 22.3 Å². The number of nitrogen functional groups attached to an aromatic ring is 1. The van der Waals surface area contributed by atoms with Crippen LogP contribution in [0.15, 0.2) is 85.2 Å². The lowest BCUT2D eigenvalue weighted by atomic mass is 10.0. The van der Waals surface area contributed by atoms with Crippen molar-refractivity contribution in [2.45, 2.75) is 31.8 Å². The van der Waals surface area contributed by atoms with Gasteiger partial charge in [-0.3, -0.25) is 19.9 Å². The van der Waals surface area contributed by atoms with Crippen LogP contribution in [0.4, 0.5) is 16.3 Å². The Bertz CT molecular complexity index is 1800. The van der Waals surface area contributed by atoms with Crippen molar-refractivity contribution in [2.75, 3.05) is 30.3 Å². The molecule has 3 amide bonds. The van der Waals surface area contributed by atoms with Crippen LogP contribution in [0.5, 0.6) is 11.5 Å². The highest BCUT2D eigenvalue weighted by atomic mass is 16.5. The second kappa shape index (κ2) is 11.8. The highest BCUT2D eigenvalue weighted by molar-refractivity contribution is 6.05. The van der Waals surface area contributed by atoms with Crippen LogP contribution in [0.1, 0.15) is 30.9 Å². The molecular weight excluding hydrogens is 556 g/mol. The molecule has 222 valence electrons. The van der Waals surface area contributed by atoms with Crippen molar-refractivity contribution < 1.29 is 14.3 Å². The van der Waals surface area contributed by atoms with Gasteiger partial charge in [-0.1, -0.05) is 30.3 Å². The van der Waals surface area contributed by atoms with Gasteiger partial charge in [0.2, 0.25) is 5.91 Å². The van der Waals surface area contributed by atoms with Gasteiger partial charge in [0.15, 0.2) is 5.65 Å². The van der Waals surface area contributed by atoms with Gasteiger partial charge < -0.3 is 10.5 Å². The fourth-order valence-electron chi connectivity index (χ4n) is 5.93. The third kappa shape index (κ3) is 5.57. The van der Waals surface area contributed by atoms with E-state index in [9.17, 15) is 9.59 Å². The van der Waals surface area contributed by atoms with Crippen molar-refractivity contribution in [1.29, 1.82) is 0 Å². The number of fused-ring (bicyclic) bond motifs is 1. The van der Waals surface area contributed by atoms with Crippen LogP contribution in [0.3, 0.4) is 0 Å². The van der Waals surface area contributed by atoms with Crippen molar-refractivity contribution >= 4 is 34.5 Å². The summed E-state index contributed by atoms with van der Waals surface area (Å²) >= 11 is 0. The Balaban J connectivity index is 1.04. The maximum atomic E-state index is 12.2. The number of nitrogens with zero attached hydrogens (tertiary/aromatic N) is 6. The maximum Gasteiger partial charge on any atom is 0.328 e. The molecule has 3 aromatic carbocycles. The number of urea groups is 1. The normalized spacial score (nSPS) is 16.3. The van der Waals surface area contributed by atoms with Crippen molar-refractivity contribution in [3.63, 3.8) is 0 Å². The molecule has 11 nitrogen and oxygen atoms in total. The summed E-state index contributed by atoms with van der Waals surface area (Å²) in [7, 11) is 0. The van der Waals surface area contributed by atoms with Crippen LogP contribution < -0.4 is 20.7 Å². The molecule has 4 heterocycles. The lowest BCUT2D eigenvalue weighted by Gasteiger charge is -2.32. The molecule has 2 aliphatic heterocycles. The summed E-state index contributed by atoms with van der Waals surface area (Å²) in [6.07, 6.45) is 3.65. The number of anilines is 2. The quantitative estimate of drug-likeness (QED) is 0.267. The number of benzene rings is 3. The first-order chi connectivity index (χ1) is 21.5. The molecule has 0 aliphatic carbocycles. The fourth-order valence-corrected chi connectivity index (χ4v) is 5.93. The summed E-state index contributed by atoms with van der Waals surface area (Å²) in [5.41, 5.74) is 10.8. The highest BCUT2D eigenvalue weighted by Crippen LogP contribution is 2.35. The molecule has 0 atom stereocenters. The van der Waals surface area contributed by atoms with Gasteiger partial charge in [-0.15, -0.1) is 0 Å². The minimum absolute atomic E-state index is 0.181. The van der Waals surface area contributed by atoms with Crippen LogP contribution >= 0.6 is 0 Å². The first kappa shape index (κ1) is 27.5. The van der Waals surface area contributed by atoms with E-state index in [1.807, 2.05) is 83.5 Å². The molecule has 0 radical (unpaired) electrons. The monoisotopic (exact) mass is 588 g/mol. The second-order valence-electron chi connectivity index (χ2n) is 11.1. The molecule has 3 N–H and O–H groups in total. The summed E-state index contributed by atoms with van der Waals surface area (Å²) in [6, 6.07) is 25.3. The van der Waals surface area contributed by atoms with Gasteiger partial charge in [0.05, 0.1) is 11.4 Å². The Morgan fingerprint density at radius 3 is 2.32 bits per heavy atom. The molecule has 0 unspecified atom stereocenters. The van der Waals surface area contributed by atoms with E-state index < -0.39 is 0 Å². The van der Waals surface area contributed by atoms with Gasteiger partial charge in [0.25, 0.3) is 0 Å². The van der Waals surface area contributed by atoms with Crippen LogP contribution in [-0.4, -0.2) is 56.2 Å². The van der Waals surface area contributed by atoms with Crippen molar-refractivity contribution in [3.05, 3.63) is 90.8 Å². The van der Waals surface area contributed by atoms with E-state index in [-0.39, 0.29) is 18.0 Å². The summed E-state index contributed by atoms with van der Waals surface area (Å²) in [5.74, 6) is 1.70. The molecule has 2 aromatic heterocycles. The molecule has 44 heavy (non-hydrogen) atoms. The molecule has 5 aromatic rings. The molecule has 7 rings (SSSR count). The first-order valence-electron chi connectivity index (χ1n) is 14.8. The zero-order valence-electron chi connectivity index (χ0n) is 24.1. The van der Waals surface area contributed by atoms with E-state index in [2.05, 4.69) is 20.2 Å². The average molecular weight is 589 g/mol. The average Bonchev–Trinajstić information content (AvgIpc) is 3.44. The number of nitrogens with one attached hydrogen (secondary N) is 1. The number of carbonyl (C=O) groups excluding carboxylic acids is 2. The zero-order valence-corrected chi connectivity index (χ0v) is 24.1. The minimum Gasteiger partial charge on any atom is -0.457 e. The van der Waals surface area contributed by atoms with Gasteiger partial charge in [-0.2, -0.15) is 5.10 Å². The van der Waals surface area contributed by atoms with Crippen LogP contribution in [0, 0.1) is 0 Å². The van der Waals surface area contributed by atoms with Gasteiger partial charge in [-0.25, -0.2) is 19.4 Å². The number of nitrogens with two attached hydrogens (primary N) is 1. The first-order valence-corrected chi connectivity index (χ1v) is 14.8. The third-order valence-corrected chi connectivity index (χ3v) is 8.24. The van der Waals surface area contributed by atoms with Crippen molar-refractivity contribution in [3.8, 4) is 22.8 Å². The fraction of sp³-hybridized carbons (Fsp3) is 0.242. The lowest BCUT2D eigenvalue weighted by molar-refractivity contribution is -0.120. The van der Waals surface area contributed by atoms with E-state index in [0.717, 1.165) is 72.0 Å². The van der Waals surface area contributed by atoms with E-state index in [1.54, 1.807) is 4.90 Å². The van der Waals surface area contributed by atoms with Gasteiger partial charge in [0, 0.05) is 43.9 Å². The number of rotatable bonds is 7. The number of amides is 3. The predicted octanol–water partition coefficient (Wildman–Crippen LogP) is 5.15. The van der Waals surface area contributed by atoms with E-state index in [1.165, 1.54) is 11.9 Å². The molecule has 2 fully saturated rings. The highest BCUT2D eigenvalue weighted by Gasteiger charge is 2.27. The van der Waals surface area contributed by atoms with E-state index in [4.69, 9.17) is 15.6 Å². The number of hydrogen-bond acceptors (Lipinski definition) is 8. The molecule has 0 spiro atoms. The molecule has 2 aliphatic rings. The molecular formula is C33H32N8O3. The number of piperidine rings is 1. The number of ether oxygens (including phenoxy) is 1. The van der Waals surface area contributed by atoms with Gasteiger partial charge in [-0.05, 0) is 66.9 Å². The number of likely N-dealkylation sites (tertiary alicyclic amines) is 1. The molecule has 0 saturated carbocycles. The Morgan fingerprint density at radius 1 is 0.864 bits per heavy atom. The third-order valence-electron chi connectivity index (χ3n) is 8.24. The minimum atomic E-state index is -0.369. The summed E-state index contributed by atoms with van der Waals surface area (Å²) in [6.45, 7) is 3.03. The molecule has 0 bridgehead atoms. The Kier molecular flexibility index (Phi) is 7.37. The Hall–Kier alpha value is -5.29. The number of aromatic nitrogens is 4. The van der Waals surface area contributed by atoms with Crippen LogP contribution in [-0.2, 0) is 11.3 Å². The Morgan fingerprint density at radius 2 is 1.59 bits per heavy atom. The number of para-hydroxylation sites is 1. The topological polar surface area (TPSA) is 131 Å². The Labute approximate surface area is 254 Å². The maximum absolute atomic E-state index is 12.2. The summed E-state index contributed by atoms with van der Waals surface area (Å²) in [5, 5.41) is 8.18. The molecule has 2 saturated heterocycles. The lowest BCUT2D eigenvalue weighted by Crippen LogP contribution is -2.49.